The smallest absolute Gasteiger partial charge is 0.543 e. The molecule has 0 aromatic carbocycles. The van der Waals surface area contributed by atoms with E-state index in [0.717, 1.165) is 22.3 Å². The third kappa shape index (κ3) is 5.31. The number of amides is 2. The number of anilines is 1. The van der Waals surface area contributed by atoms with Crippen LogP contribution in [0.4, 0.5) is 11.0 Å². The number of oxime groups is 1. The summed E-state index contributed by atoms with van der Waals surface area (Å²) in [7, 11) is 1.24. The summed E-state index contributed by atoms with van der Waals surface area (Å²) >= 11 is 2.30. The zero-order valence-corrected chi connectivity index (χ0v) is 22.3. The Labute approximate surface area is 232 Å². The Bertz CT molecular complexity index is 1320. The molecule has 2 amide bonds. The van der Waals surface area contributed by atoms with Gasteiger partial charge in [-0.2, -0.15) is 0 Å². The third-order valence-electron chi connectivity index (χ3n) is 4.88. The summed E-state index contributed by atoms with van der Waals surface area (Å²) in [6, 6.07) is 1.48. The molecule has 1 saturated heterocycles. The van der Waals surface area contributed by atoms with Crippen LogP contribution in [-0.2, 0) is 19.2 Å². The first-order valence-electron chi connectivity index (χ1n) is 9.66. The van der Waals surface area contributed by atoms with E-state index in [9.17, 15) is 29.6 Å². The van der Waals surface area contributed by atoms with Crippen LogP contribution in [0.1, 0.15) is 11.5 Å². The van der Waals surface area contributed by atoms with Gasteiger partial charge in [0.05, 0.1) is 17.7 Å². The Morgan fingerprint density at radius 3 is 2.75 bits per heavy atom. The van der Waals surface area contributed by atoms with Crippen LogP contribution in [0.5, 0.6) is 0 Å². The van der Waals surface area contributed by atoms with E-state index in [1.54, 1.807) is 0 Å². The van der Waals surface area contributed by atoms with Gasteiger partial charge in [-0.1, -0.05) is 11.2 Å². The second-order valence-corrected chi connectivity index (χ2v) is 8.98. The fourth-order valence-electron chi connectivity index (χ4n) is 3.37. The number of carboxylic acids is 1. The molecule has 14 nitrogen and oxygen atoms in total. The first-order chi connectivity index (χ1) is 16.7. The summed E-state index contributed by atoms with van der Waals surface area (Å²) in [4.78, 5) is 57.2. The number of nitro groups is 1. The quantitative estimate of drug-likeness (QED) is 0.111. The normalized spacial score (nSPS) is 19.4. The van der Waals surface area contributed by atoms with Crippen LogP contribution in [0.25, 0.3) is 6.08 Å². The minimum atomic E-state index is -1.59. The van der Waals surface area contributed by atoms with Gasteiger partial charge in [0.2, 0.25) is 0 Å². The molecule has 0 radical (unpaired) electrons. The number of thioether (sulfide) groups is 1. The minimum absolute atomic E-state index is 0. The Morgan fingerprint density at radius 1 is 1.42 bits per heavy atom. The van der Waals surface area contributed by atoms with Crippen molar-refractivity contribution in [2.24, 2.45) is 5.16 Å². The fraction of sp³-hybridized carbons (Fsp3) is 0.211. The van der Waals surface area contributed by atoms with E-state index in [4.69, 9.17) is 15.0 Å². The van der Waals surface area contributed by atoms with Gasteiger partial charge < -0.3 is 30.2 Å². The Kier molecular flexibility index (Phi) is 8.57. The molecule has 2 atom stereocenters. The number of hydrogen-bond donors (Lipinski definition) is 2. The van der Waals surface area contributed by atoms with Crippen LogP contribution in [0.3, 0.4) is 0 Å². The number of allylic oxidation sites excluding steroid dienone is 1. The topological polar surface area (TPSA) is 206 Å². The molecular formula is C19H15N6NaO8S2. The number of β-lactam (4-membered cyclic amide) rings is 1. The van der Waals surface area contributed by atoms with Gasteiger partial charge in [-0.05, 0) is 17.7 Å². The Hall–Kier alpha value is -3.18. The van der Waals surface area contributed by atoms with Crippen LogP contribution in [0, 0.1) is 10.1 Å². The molecule has 0 aliphatic carbocycles. The monoisotopic (exact) mass is 542 g/mol. The first-order valence-corrected chi connectivity index (χ1v) is 11.6. The van der Waals surface area contributed by atoms with Crippen molar-refractivity contribution >= 4 is 63.7 Å². The number of carbonyl (C=O) groups is 3. The predicted octanol–water partition coefficient (Wildman–Crippen LogP) is -3.30. The molecule has 2 aromatic rings. The van der Waals surface area contributed by atoms with Gasteiger partial charge in [-0.15, -0.1) is 23.1 Å². The largest absolute Gasteiger partial charge is 1.00 e. The van der Waals surface area contributed by atoms with E-state index in [1.165, 1.54) is 42.5 Å². The second kappa shape index (κ2) is 11.3. The van der Waals surface area contributed by atoms with Gasteiger partial charge in [-0.25, -0.2) is 4.98 Å². The molecule has 0 saturated carbocycles. The second-order valence-electron chi connectivity index (χ2n) is 6.98. The van der Waals surface area contributed by atoms with Crippen LogP contribution >= 0.6 is 23.1 Å². The predicted molar refractivity (Wildman–Crippen MR) is 122 cm³/mol. The number of furan rings is 1. The maximum Gasteiger partial charge on any atom is 1.00 e. The zero-order chi connectivity index (χ0) is 25.3. The van der Waals surface area contributed by atoms with Crippen LogP contribution in [0.15, 0.2) is 44.4 Å². The molecule has 1 unspecified atom stereocenters. The standard InChI is InChI=1S/C19H16N6O8S2.Na/c1-32-23-12(10-7-35-19(20)21-10)15(26)22-13-16(27)24-14(18(28)29)8(6-34-17(13)24)2-3-9-4-5-11(33-9)25(30)31;/h2-5,7,13,17H,6H2,1H3,(H2,20,21)(H,22,26)(H,28,29);/q;+1/p-1/t13?,17-;/m0./s1. The number of carbonyl (C=O) groups excluding carboxylic acids is 3. The number of nitrogen functional groups attached to an aromatic ring is 1. The van der Waals surface area contributed by atoms with Crippen LogP contribution < -0.4 is 45.7 Å². The Balaban J connectivity index is 0.00000361. The van der Waals surface area contributed by atoms with Crippen molar-refractivity contribution in [2.75, 3.05) is 18.6 Å². The number of hydrogen-bond acceptors (Lipinski definition) is 13. The molecule has 4 heterocycles. The Morgan fingerprint density at radius 2 is 2.17 bits per heavy atom. The zero-order valence-electron chi connectivity index (χ0n) is 18.7. The van der Waals surface area contributed by atoms with Crippen molar-refractivity contribution in [3.63, 3.8) is 0 Å². The maximum atomic E-state index is 12.8. The number of thiazole rings is 1. The first kappa shape index (κ1) is 27.4. The summed E-state index contributed by atoms with van der Waals surface area (Å²) in [6.07, 6.45) is 2.73. The number of nitrogens with zero attached hydrogens (tertiary/aromatic N) is 4. The van der Waals surface area contributed by atoms with Crippen molar-refractivity contribution in [2.45, 2.75) is 11.4 Å². The third-order valence-corrected chi connectivity index (χ3v) is 6.86. The molecule has 2 aliphatic heterocycles. The average molecular weight is 542 g/mol. The van der Waals surface area contributed by atoms with Gasteiger partial charge in [0, 0.05) is 11.1 Å². The SMILES string of the molecule is CON=C(C(=O)NC1C(=O)N2C(C(=O)[O-])=C(C=Cc3ccc([N+](=O)[O-])o3)CS[C@@H]12)c1csc(N)n1.[Na+]. The number of aliphatic carboxylic acids is 1. The van der Waals surface area contributed by atoms with Crippen molar-refractivity contribution in [1.29, 1.82) is 0 Å². The number of fused-ring (bicyclic) bond motifs is 1. The van der Waals surface area contributed by atoms with Crippen molar-refractivity contribution in [3.8, 4) is 0 Å². The van der Waals surface area contributed by atoms with E-state index in [0.29, 0.717) is 0 Å². The number of rotatable bonds is 8. The van der Waals surface area contributed by atoms with Gasteiger partial charge >= 0.3 is 35.4 Å². The summed E-state index contributed by atoms with van der Waals surface area (Å²) < 4.78 is 5.02. The van der Waals surface area contributed by atoms with Gasteiger partial charge in [0.1, 0.15) is 34.9 Å². The molecule has 2 aliphatic rings. The van der Waals surface area contributed by atoms with Crippen molar-refractivity contribution in [3.05, 3.63) is 56.4 Å². The molecule has 17 heteroatoms. The molecule has 182 valence electrons. The van der Waals surface area contributed by atoms with Crippen molar-refractivity contribution in [1.82, 2.24) is 15.2 Å². The maximum absolute atomic E-state index is 12.8. The van der Waals surface area contributed by atoms with E-state index < -0.39 is 40.0 Å². The number of aromatic nitrogens is 1. The molecule has 4 rings (SSSR count). The molecular weight excluding hydrogens is 527 g/mol. The van der Waals surface area contributed by atoms with E-state index in [-0.39, 0.29) is 68.9 Å². The van der Waals surface area contributed by atoms with Crippen molar-refractivity contribution < 1.29 is 63.2 Å². The summed E-state index contributed by atoms with van der Waals surface area (Å²) in [5.41, 5.74) is 5.44. The van der Waals surface area contributed by atoms with E-state index in [2.05, 4.69) is 15.5 Å². The fourth-order valence-corrected chi connectivity index (χ4v) is 5.24. The molecule has 0 bridgehead atoms. The summed E-state index contributed by atoms with van der Waals surface area (Å²) in [5, 5.41) is 29.8. The van der Waals surface area contributed by atoms with E-state index >= 15 is 0 Å². The summed E-state index contributed by atoms with van der Waals surface area (Å²) in [5.74, 6) is -3.18. The molecule has 2 aromatic heterocycles. The van der Waals surface area contributed by atoms with Crippen LogP contribution in [-0.4, -0.2) is 62.6 Å². The van der Waals surface area contributed by atoms with Crippen LogP contribution in [0.2, 0.25) is 0 Å². The number of nitrogens with one attached hydrogen (secondary N) is 1. The molecule has 1 fully saturated rings. The number of carboxylic acid groups (broad SMARTS) is 1. The molecule has 36 heavy (non-hydrogen) atoms. The summed E-state index contributed by atoms with van der Waals surface area (Å²) in [6.45, 7) is 0. The minimum Gasteiger partial charge on any atom is -0.543 e. The van der Waals surface area contributed by atoms with Gasteiger partial charge in [0.25, 0.3) is 11.8 Å². The van der Waals surface area contributed by atoms with Gasteiger partial charge in [0.15, 0.2) is 10.8 Å². The molecule has 0 spiro atoms. The van der Waals surface area contributed by atoms with E-state index in [1.807, 2.05) is 0 Å². The van der Waals surface area contributed by atoms with Gasteiger partial charge in [-0.3, -0.25) is 24.6 Å². The molecule has 3 N–H and O–H groups in total. The number of nitrogens with two attached hydrogens (primary N) is 1. The average Bonchev–Trinajstić information content (AvgIpc) is 3.47.